The number of aromatic nitrogens is 1. The zero-order chi connectivity index (χ0) is 20.1. The standard InChI is InChI=1S/C23H26N4O2/c28-22(24-13-16-27-14-7-2-8-15-27)23(29)26-21-18-11-5-6-12-19(18)25-20(21)17-9-3-1-4-10-17/h1,3-6,9-12,25H,2,7-8,13-16H2,(H,24,28)(H,26,29). The molecule has 4 rings (SSSR count). The molecule has 0 bridgehead atoms. The van der Waals surface area contributed by atoms with Gasteiger partial charge in [0.1, 0.15) is 0 Å². The Balaban J connectivity index is 1.46. The topological polar surface area (TPSA) is 77.2 Å². The number of anilines is 1. The molecule has 1 saturated heterocycles. The maximum absolute atomic E-state index is 12.6. The molecule has 3 aromatic rings. The summed E-state index contributed by atoms with van der Waals surface area (Å²) in [4.78, 5) is 30.6. The Labute approximate surface area is 170 Å². The van der Waals surface area contributed by atoms with Crippen molar-refractivity contribution in [2.45, 2.75) is 19.3 Å². The van der Waals surface area contributed by atoms with E-state index in [1.165, 1.54) is 19.3 Å². The largest absolute Gasteiger partial charge is 0.353 e. The zero-order valence-electron chi connectivity index (χ0n) is 16.4. The number of carbonyl (C=O) groups is 2. The van der Waals surface area contributed by atoms with Crippen molar-refractivity contribution in [3.05, 3.63) is 54.6 Å². The van der Waals surface area contributed by atoms with Crippen LogP contribution in [0.5, 0.6) is 0 Å². The first kappa shape index (κ1) is 19.2. The van der Waals surface area contributed by atoms with Crippen LogP contribution in [-0.2, 0) is 9.59 Å². The number of piperidine rings is 1. The van der Waals surface area contributed by atoms with Gasteiger partial charge in [0.25, 0.3) is 0 Å². The van der Waals surface area contributed by atoms with Gasteiger partial charge in [-0.2, -0.15) is 0 Å². The first-order chi connectivity index (χ1) is 14.2. The van der Waals surface area contributed by atoms with Gasteiger partial charge in [0.15, 0.2) is 0 Å². The number of nitrogens with zero attached hydrogens (tertiary/aromatic N) is 1. The van der Waals surface area contributed by atoms with Gasteiger partial charge in [-0.3, -0.25) is 9.59 Å². The summed E-state index contributed by atoms with van der Waals surface area (Å²) in [6, 6.07) is 17.5. The van der Waals surface area contributed by atoms with Crippen LogP contribution in [-0.4, -0.2) is 47.9 Å². The molecule has 0 aliphatic carbocycles. The van der Waals surface area contributed by atoms with E-state index in [9.17, 15) is 9.59 Å². The first-order valence-electron chi connectivity index (χ1n) is 10.2. The molecule has 0 atom stereocenters. The highest BCUT2D eigenvalue weighted by molar-refractivity contribution is 6.40. The zero-order valence-corrected chi connectivity index (χ0v) is 16.4. The monoisotopic (exact) mass is 390 g/mol. The predicted molar refractivity (Wildman–Crippen MR) is 116 cm³/mol. The van der Waals surface area contributed by atoms with E-state index in [4.69, 9.17) is 0 Å². The number of rotatable bonds is 5. The van der Waals surface area contributed by atoms with Crippen LogP contribution in [0, 0.1) is 0 Å². The molecule has 0 radical (unpaired) electrons. The summed E-state index contributed by atoms with van der Waals surface area (Å²) in [6.45, 7) is 3.39. The van der Waals surface area contributed by atoms with E-state index in [0.717, 1.165) is 41.8 Å². The molecule has 0 unspecified atom stereocenters. The second-order valence-corrected chi connectivity index (χ2v) is 7.40. The minimum Gasteiger partial charge on any atom is -0.353 e. The highest BCUT2D eigenvalue weighted by Gasteiger charge is 2.20. The fourth-order valence-electron chi connectivity index (χ4n) is 3.85. The van der Waals surface area contributed by atoms with Gasteiger partial charge < -0.3 is 20.5 Å². The summed E-state index contributed by atoms with van der Waals surface area (Å²) in [5.41, 5.74) is 3.28. The number of aromatic amines is 1. The molecule has 1 fully saturated rings. The van der Waals surface area contributed by atoms with Crippen molar-refractivity contribution in [1.82, 2.24) is 15.2 Å². The third-order valence-electron chi connectivity index (χ3n) is 5.38. The Morgan fingerprint density at radius 2 is 1.62 bits per heavy atom. The van der Waals surface area contributed by atoms with Crippen LogP contribution in [0.25, 0.3) is 22.2 Å². The van der Waals surface area contributed by atoms with Gasteiger partial charge in [0.05, 0.1) is 11.4 Å². The molecular weight excluding hydrogens is 364 g/mol. The Hall–Kier alpha value is -3.12. The summed E-state index contributed by atoms with van der Waals surface area (Å²) < 4.78 is 0. The highest BCUT2D eigenvalue weighted by atomic mass is 16.2. The minimum atomic E-state index is -0.648. The van der Waals surface area contributed by atoms with Crippen molar-refractivity contribution in [3.63, 3.8) is 0 Å². The molecular formula is C23H26N4O2. The van der Waals surface area contributed by atoms with Crippen LogP contribution in [0.1, 0.15) is 19.3 Å². The lowest BCUT2D eigenvalue weighted by atomic mass is 10.1. The molecule has 6 heteroatoms. The van der Waals surface area contributed by atoms with E-state index in [1.54, 1.807) is 0 Å². The average Bonchev–Trinajstić information content (AvgIpc) is 3.13. The van der Waals surface area contributed by atoms with Gasteiger partial charge in [-0.05, 0) is 32.0 Å². The van der Waals surface area contributed by atoms with Crippen LogP contribution in [0.15, 0.2) is 54.6 Å². The molecule has 2 aromatic carbocycles. The minimum absolute atomic E-state index is 0.478. The molecule has 6 nitrogen and oxygen atoms in total. The smallest absolute Gasteiger partial charge is 0.313 e. The lowest BCUT2D eigenvalue weighted by Gasteiger charge is -2.26. The van der Waals surface area contributed by atoms with Crippen molar-refractivity contribution < 1.29 is 9.59 Å². The van der Waals surface area contributed by atoms with E-state index in [-0.39, 0.29) is 0 Å². The maximum Gasteiger partial charge on any atom is 0.313 e. The second-order valence-electron chi connectivity index (χ2n) is 7.40. The van der Waals surface area contributed by atoms with Crippen molar-refractivity contribution in [2.24, 2.45) is 0 Å². The number of H-pyrrole nitrogens is 1. The van der Waals surface area contributed by atoms with Gasteiger partial charge in [-0.1, -0.05) is 55.0 Å². The summed E-state index contributed by atoms with van der Waals surface area (Å²) in [7, 11) is 0. The Bertz CT molecular complexity index is 991. The van der Waals surface area contributed by atoms with Crippen molar-refractivity contribution in [2.75, 3.05) is 31.5 Å². The molecule has 1 aliphatic rings. The van der Waals surface area contributed by atoms with E-state index < -0.39 is 11.8 Å². The number of carbonyl (C=O) groups excluding carboxylic acids is 2. The van der Waals surface area contributed by atoms with Crippen molar-refractivity contribution >= 4 is 28.4 Å². The van der Waals surface area contributed by atoms with E-state index >= 15 is 0 Å². The normalized spacial score (nSPS) is 14.6. The SMILES string of the molecule is O=C(NCCN1CCCCC1)C(=O)Nc1c(-c2ccccc2)[nH]c2ccccc12. The number of fused-ring (bicyclic) bond motifs is 1. The molecule has 1 aromatic heterocycles. The quantitative estimate of drug-likeness (QED) is 0.585. The number of hydrogen-bond donors (Lipinski definition) is 3. The molecule has 0 saturated carbocycles. The Morgan fingerprint density at radius 3 is 2.41 bits per heavy atom. The number of amides is 2. The first-order valence-corrected chi connectivity index (χ1v) is 10.2. The molecule has 150 valence electrons. The third-order valence-corrected chi connectivity index (χ3v) is 5.38. The van der Waals surface area contributed by atoms with E-state index in [2.05, 4.69) is 20.5 Å². The number of benzene rings is 2. The van der Waals surface area contributed by atoms with Crippen LogP contribution < -0.4 is 10.6 Å². The van der Waals surface area contributed by atoms with Crippen LogP contribution >= 0.6 is 0 Å². The summed E-state index contributed by atoms with van der Waals surface area (Å²) in [6.07, 6.45) is 3.69. The van der Waals surface area contributed by atoms with Crippen LogP contribution in [0.2, 0.25) is 0 Å². The molecule has 29 heavy (non-hydrogen) atoms. The fraction of sp³-hybridized carbons (Fsp3) is 0.304. The molecule has 3 N–H and O–H groups in total. The maximum atomic E-state index is 12.6. The molecule has 2 amide bonds. The second kappa shape index (κ2) is 8.92. The summed E-state index contributed by atoms with van der Waals surface area (Å²) >= 11 is 0. The lowest BCUT2D eigenvalue weighted by molar-refractivity contribution is -0.136. The number of hydrogen-bond acceptors (Lipinski definition) is 3. The van der Waals surface area contributed by atoms with Gasteiger partial charge in [0, 0.05) is 29.6 Å². The van der Waals surface area contributed by atoms with Crippen LogP contribution in [0.3, 0.4) is 0 Å². The summed E-state index contributed by atoms with van der Waals surface area (Å²) in [5, 5.41) is 6.45. The Morgan fingerprint density at radius 1 is 0.897 bits per heavy atom. The van der Waals surface area contributed by atoms with Gasteiger partial charge >= 0.3 is 11.8 Å². The van der Waals surface area contributed by atoms with Crippen LogP contribution in [0.4, 0.5) is 5.69 Å². The van der Waals surface area contributed by atoms with Gasteiger partial charge in [-0.15, -0.1) is 0 Å². The number of para-hydroxylation sites is 1. The van der Waals surface area contributed by atoms with Gasteiger partial charge in [-0.25, -0.2) is 0 Å². The Kier molecular flexibility index (Phi) is 5.91. The molecule has 1 aliphatic heterocycles. The fourth-order valence-corrected chi connectivity index (χ4v) is 3.85. The average molecular weight is 390 g/mol. The predicted octanol–water partition coefficient (Wildman–Crippen LogP) is 3.38. The lowest BCUT2D eigenvalue weighted by Crippen LogP contribution is -2.41. The number of likely N-dealkylation sites (tertiary alicyclic amines) is 1. The van der Waals surface area contributed by atoms with Crippen molar-refractivity contribution in [3.8, 4) is 11.3 Å². The van der Waals surface area contributed by atoms with Gasteiger partial charge in [0.2, 0.25) is 0 Å². The van der Waals surface area contributed by atoms with E-state index in [1.807, 2.05) is 54.6 Å². The number of nitrogens with one attached hydrogen (secondary N) is 3. The van der Waals surface area contributed by atoms with Crippen molar-refractivity contribution in [1.29, 1.82) is 0 Å². The third kappa shape index (κ3) is 4.49. The highest BCUT2D eigenvalue weighted by Crippen LogP contribution is 2.34. The van der Waals surface area contributed by atoms with E-state index in [0.29, 0.717) is 12.2 Å². The summed E-state index contributed by atoms with van der Waals surface area (Å²) in [5.74, 6) is -1.25. The molecule has 0 spiro atoms. The molecule has 2 heterocycles.